The average molecular weight is 212 g/mol. The molecule has 0 unspecified atom stereocenters. The highest BCUT2D eigenvalue weighted by atomic mass is 16.5. The van der Waals surface area contributed by atoms with Crippen LogP contribution in [-0.4, -0.2) is 28.7 Å². The zero-order valence-electron chi connectivity index (χ0n) is 9.96. The molecule has 4 heteroatoms. The van der Waals surface area contributed by atoms with Crippen LogP contribution in [0.2, 0.25) is 0 Å². The Morgan fingerprint density at radius 1 is 1.47 bits per heavy atom. The minimum Gasteiger partial charge on any atom is -0.784 e. The van der Waals surface area contributed by atoms with Crippen molar-refractivity contribution in [1.29, 1.82) is 0 Å². The largest absolute Gasteiger partial charge is 0.784 e. The first kappa shape index (κ1) is 12.2. The third-order valence-electron chi connectivity index (χ3n) is 2.68. The normalized spacial score (nSPS) is 23.7. The smallest absolute Gasteiger partial charge is 0.335 e. The van der Waals surface area contributed by atoms with E-state index in [4.69, 9.17) is 4.74 Å². The number of hydrogen-bond acceptors (Lipinski definition) is 4. The van der Waals surface area contributed by atoms with Crippen molar-refractivity contribution in [1.82, 2.24) is 5.06 Å². The number of rotatable bonds is 2. The Morgan fingerprint density at radius 3 is 2.33 bits per heavy atom. The van der Waals surface area contributed by atoms with E-state index in [1.807, 2.05) is 0 Å². The lowest BCUT2D eigenvalue weighted by Crippen LogP contribution is -2.47. The number of hydroxylamine groups is 2. The van der Waals surface area contributed by atoms with Gasteiger partial charge in [0.2, 0.25) is 0 Å². The van der Waals surface area contributed by atoms with E-state index >= 15 is 0 Å². The first-order chi connectivity index (χ1) is 6.73. The average Bonchev–Trinajstić information content (AvgIpc) is 2.27. The highest BCUT2D eigenvalue weighted by Crippen LogP contribution is 2.39. The predicted molar refractivity (Wildman–Crippen MR) is 58.1 cm³/mol. The number of esters is 1. The van der Waals surface area contributed by atoms with Crippen LogP contribution in [0.3, 0.4) is 0 Å². The molecule has 15 heavy (non-hydrogen) atoms. The molecule has 0 amide bonds. The van der Waals surface area contributed by atoms with Crippen molar-refractivity contribution in [3.63, 3.8) is 0 Å². The molecule has 0 radical (unpaired) electrons. The summed E-state index contributed by atoms with van der Waals surface area (Å²) in [4.78, 5) is 11.6. The summed E-state index contributed by atoms with van der Waals surface area (Å²) < 4.78 is 4.93. The zero-order chi connectivity index (χ0) is 11.9. The van der Waals surface area contributed by atoms with Crippen molar-refractivity contribution in [3.05, 3.63) is 16.9 Å². The van der Waals surface area contributed by atoms with Crippen molar-refractivity contribution in [3.8, 4) is 0 Å². The van der Waals surface area contributed by atoms with Gasteiger partial charge in [-0.05, 0) is 34.6 Å². The topological polar surface area (TPSA) is 52.6 Å². The van der Waals surface area contributed by atoms with Crippen LogP contribution < -0.4 is 0 Å². The highest BCUT2D eigenvalue weighted by molar-refractivity contribution is 5.92. The Kier molecular flexibility index (Phi) is 2.94. The van der Waals surface area contributed by atoms with Gasteiger partial charge in [-0.15, -0.1) is 0 Å². The number of hydrogen-bond donors (Lipinski definition) is 0. The summed E-state index contributed by atoms with van der Waals surface area (Å²) >= 11 is 0. The molecule has 0 N–H and O–H groups in total. The Balaban J connectivity index is 3.03. The van der Waals surface area contributed by atoms with Gasteiger partial charge in [-0.25, -0.2) is 4.79 Å². The summed E-state index contributed by atoms with van der Waals surface area (Å²) in [6.07, 6.45) is 1.69. The molecule has 0 saturated carbocycles. The van der Waals surface area contributed by atoms with E-state index < -0.39 is 17.0 Å². The molecular formula is C11H18NO3-. The lowest BCUT2D eigenvalue weighted by atomic mass is 9.97. The van der Waals surface area contributed by atoms with Crippen LogP contribution in [-0.2, 0) is 9.53 Å². The van der Waals surface area contributed by atoms with E-state index in [1.54, 1.807) is 40.7 Å². The van der Waals surface area contributed by atoms with Gasteiger partial charge in [-0.1, -0.05) is 6.08 Å². The van der Waals surface area contributed by atoms with Crippen molar-refractivity contribution in [2.45, 2.75) is 45.7 Å². The predicted octanol–water partition coefficient (Wildman–Crippen LogP) is 1.85. The number of ether oxygens (including phenoxy) is 1. The fourth-order valence-corrected chi connectivity index (χ4v) is 1.94. The highest BCUT2D eigenvalue weighted by Gasteiger charge is 2.43. The van der Waals surface area contributed by atoms with E-state index in [2.05, 4.69) is 0 Å². The van der Waals surface area contributed by atoms with Crippen molar-refractivity contribution in [2.75, 3.05) is 6.61 Å². The lowest BCUT2D eigenvalue weighted by molar-refractivity contribution is -0.139. The molecule has 1 aliphatic rings. The maximum absolute atomic E-state index is 11.9. The molecule has 86 valence electrons. The Hall–Kier alpha value is -0.870. The first-order valence-corrected chi connectivity index (χ1v) is 5.11. The quantitative estimate of drug-likeness (QED) is 0.655. The van der Waals surface area contributed by atoms with Crippen molar-refractivity contribution in [2.24, 2.45) is 0 Å². The van der Waals surface area contributed by atoms with Gasteiger partial charge in [0.1, 0.15) is 0 Å². The lowest BCUT2D eigenvalue weighted by Gasteiger charge is -2.47. The summed E-state index contributed by atoms with van der Waals surface area (Å²) in [6.45, 7) is 9.11. The van der Waals surface area contributed by atoms with E-state index in [0.717, 1.165) is 5.06 Å². The van der Waals surface area contributed by atoms with E-state index in [9.17, 15) is 10.0 Å². The molecule has 0 aromatic rings. The molecule has 4 nitrogen and oxygen atoms in total. The van der Waals surface area contributed by atoms with Crippen LogP contribution in [0, 0.1) is 5.21 Å². The van der Waals surface area contributed by atoms with Crippen LogP contribution in [0.15, 0.2) is 11.6 Å². The molecule has 0 atom stereocenters. The van der Waals surface area contributed by atoms with Crippen LogP contribution in [0.4, 0.5) is 0 Å². The Bertz CT molecular complexity index is 305. The molecule has 0 bridgehead atoms. The van der Waals surface area contributed by atoms with E-state index in [0.29, 0.717) is 12.2 Å². The minimum absolute atomic E-state index is 0.325. The monoisotopic (exact) mass is 212 g/mol. The number of nitrogens with zero attached hydrogens (tertiary/aromatic N) is 1. The van der Waals surface area contributed by atoms with Gasteiger partial charge >= 0.3 is 5.97 Å². The fraction of sp³-hybridized carbons (Fsp3) is 0.727. The Labute approximate surface area is 90.5 Å². The molecule has 0 saturated heterocycles. The molecule has 0 aromatic heterocycles. The second kappa shape index (κ2) is 3.61. The first-order valence-electron chi connectivity index (χ1n) is 5.11. The summed E-state index contributed by atoms with van der Waals surface area (Å²) in [5.41, 5.74) is -1.01. The maximum atomic E-state index is 11.9. The standard InChI is InChI=1S/C11H18NO3/c1-6-15-9(13)8-7-10(2,3)12(14)11(8,4)5/h7H,6H2,1-5H3/q-1. The zero-order valence-corrected chi connectivity index (χ0v) is 9.96. The van der Waals surface area contributed by atoms with Gasteiger partial charge in [0.15, 0.2) is 0 Å². The summed E-state index contributed by atoms with van der Waals surface area (Å²) in [5.74, 6) is -0.395. The number of carbonyl (C=O) groups is 1. The SMILES string of the molecule is CCOC(=O)C1=CC(C)(C)N([O-])C1(C)C. The van der Waals surface area contributed by atoms with Gasteiger partial charge < -0.3 is 15.0 Å². The molecule has 0 fully saturated rings. The maximum Gasteiger partial charge on any atom is 0.335 e. The third-order valence-corrected chi connectivity index (χ3v) is 2.68. The molecule has 1 aliphatic heterocycles. The fourth-order valence-electron chi connectivity index (χ4n) is 1.94. The molecular weight excluding hydrogens is 194 g/mol. The van der Waals surface area contributed by atoms with Gasteiger partial charge in [0.25, 0.3) is 0 Å². The van der Waals surface area contributed by atoms with Crippen LogP contribution >= 0.6 is 0 Å². The number of carbonyl (C=O) groups excluding carboxylic acids is 1. The van der Waals surface area contributed by atoms with Gasteiger partial charge in [-0.2, -0.15) is 0 Å². The molecule has 1 rings (SSSR count). The molecule has 1 heterocycles. The third kappa shape index (κ3) is 1.92. The molecule has 0 aromatic carbocycles. The van der Waals surface area contributed by atoms with Gasteiger partial charge in [0, 0.05) is 11.1 Å². The molecule has 0 aliphatic carbocycles. The van der Waals surface area contributed by atoms with Gasteiger partial charge in [0.05, 0.1) is 12.2 Å². The van der Waals surface area contributed by atoms with Gasteiger partial charge in [-0.3, -0.25) is 0 Å². The van der Waals surface area contributed by atoms with Crippen LogP contribution in [0.1, 0.15) is 34.6 Å². The second-order valence-corrected chi connectivity index (χ2v) is 4.79. The van der Waals surface area contributed by atoms with E-state index in [1.165, 1.54) is 0 Å². The Morgan fingerprint density at radius 2 is 2.00 bits per heavy atom. The van der Waals surface area contributed by atoms with Crippen LogP contribution in [0.5, 0.6) is 0 Å². The minimum atomic E-state index is -0.810. The molecule has 0 spiro atoms. The van der Waals surface area contributed by atoms with E-state index in [-0.39, 0.29) is 0 Å². The van der Waals surface area contributed by atoms with Crippen molar-refractivity contribution >= 4 is 5.97 Å². The summed E-state index contributed by atoms with van der Waals surface area (Å²) in [5, 5.41) is 12.9. The second-order valence-electron chi connectivity index (χ2n) is 4.79. The van der Waals surface area contributed by atoms with Crippen LogP contribution in [0.25, 0.3) is 0 Å². The summed E-state index contributed by atoms with van der Waals surface area (Å²) in [7, 11) is 0. The summed E-state index contributed by atoms with van der Waals surface area (Å²) in [6, 6.07) is 0. The van der Waals surface area contributed by atoms with Crippen molar-refractivity contribution < 1.29 is 9.53 Å².